The van der Waals surface area contributed by atoms with E-state index in [1.54, 1.807) is 0 Å². The lowest BCUT2D eigenvalue weighted by molar-refractivity contribution is -0.133. The van der Waals surface area contributed by atoms with Gasteiger partial charge in [-0.15, -0.1) is 34.8 Å². The topological polar surface area (TPSA) is 49.3 Å². The molecule has 5 atom stereocenters. The van der Waals surface area contributed by atoms with E-state index in [9.17, 15) is 9.90 Å². The van der Waals surface area contributed by atoms with Crippen molar-refractivity contribution in [1.82, 2.24) is 5.32 Å². The fraction of sp³-hybridized carbons (Fsp3) is 0.812. The number of aliphatic carboxylic acids is 1. The summed E-state index contributed by atoms with van der Waals surface area (Å²) in [6, 6.07) is 0.236. The van der Waals surface area contributed by atoms with E-state index in [0.29, 0.717) is 17.9 Å². The Kier molecular flexibility index (Phi) is 5.28. The van der Waals surface area contributed by atoms with Gasteiger partial charge in [-0.2, -0.15) is 0 Å². The second-order valence-corrected chi connectivity index (χ2v) is 8.59. The van der Waals surface area contributed by atoms with Crippen LogP contribution in [0.4, 0.5) is 0 Å². The lowest BCUT2D eigenvalue weighted by Crippen LogP contribution is -2.55. The Morgan fingerprint density at radius 1 is 1.09 bits per heavy atom. The molecule has 3 nitrogen and oxygen atoms in total. The molecule has 2 fully saturated rings. The van der Waals surface area contributed by atoms with Crippen LogP contribution in [-0.4, -0.2) is 39.3 Å². The summed E-state index contributed by atoms with van der Waals surface area (Å²) in [5.41, 5.74) is 0.524. The molecule has 0 amide bonds. The minimum atomic E-state index is -0.815. The molecule has 0 aromatic heterocycles. The lowest BCUT2D eigenvalue weighted by atomic mass is 9.73. The van der Waals surface area contributed by atoms with Crippen molar-refractivity contribution in [2.24, 2.45) is 11.8 Å². The van der Waals surface area contributed by atoms with Crippen molar-refractivity contribution >= 4 is 40.8 Å². The van der Waals surface area contributed by atoms with Crippen molar-refractivity contribution in [3.63, 3.8) is 0 Å². The van der Waals surface area contributed by atoms with Crippen LogP contribution >= 0.6 is 34.8 Å². The van der Waals surface area contributed by atoms with E-state index in [1.807, 2.05) is 6.08 Å². The Hall–Kier alpha value is 0.0400. The number of hydrogen-bond acceptors (Lipinski definition) is 2. The van der Waals surface area contributed by atoms with Gasteiger partial charge in [-0.1, -0.05) is 6.08 Å². The SMILES string of the molecule is O=C(O)C1=CC(C2CCC(Cl)CC2)NC2CC(Cl)C(Cl)CC12. The Labute approximate surface area is 146 Å². The van der Waals surface area contributed by atoms with Crippen molar-refractivity contribution in [3.8, 4) is 0 Å². The molecule has 2 N–H and O–H groups in total. The Morgan fingerprint density at radius 3 is 2.36 bits per heavy atom. The average molecular weight is 367 g/mol. The van der Waals surface area contributed by atoms with Crippen molar-refractivity contribution in [2.45, 2.75) is 66.7 Å². The number of rotatable bonds is 2. The molecular weight excluding hydrogens is 345 g/mol. The molecule has 0 saturated heterocycles. The fourth-order valence-corrected chi connectivity index (χ4v) is 5.03. The van der Waals surface area contributed by atoms with Gasteiger partial charge in [0.1, 0.15) is 0 Å². The van der Waals surface area contributed by atoms with Crippen LogP contribution in [0.3, 0.4) is 0 Å². The molecule has 2 aliphatic carbocycles. The molecule has 0 spiro atoms. The zero-order chi connectivity index (χ0) is 15.9. The van der Waals surface area contributed by atoms with Gasteiger partial charge in [-0.05, 0) is 44.4 Å². The number of carbonyl (C=O) groups is 1. The van der Waals surface area contributed by atoms with E-state index in [0.717, 1.165) is 32.1 Å². The van der Waals surface area contributed by atoms with Crippen molar-refractivity contribution < 1.29 is 9.90 Å². The summed E-state index contributed by atoms with van der Waals surface area (Å²) in [4.78, 5) is 11.7. The molecule has 0 radical (unpaired) electrons. The summed E-state index contributed by atoms with van der Waals surface area (Å²) in [5, 5.41) is 13.3. The predicted octanol–water partition coefficient (Wildman–Crippen LogP) is 3.76. The number of hydrogen-bond donors (Lipinski definition) is 2. The second-order valence-electron chi connectivity index (χ2n) is 6.85. The van der Waals surface area contributed by atoms with Gasteiger partial charge in [0.15, 0.2) is 0 Å². The average Bonchev–Trinajstić information content (AvgIpc) is 2.48. The molecule has 3 aliphatic rings. The highest BCUT2D eigenvalue weighted by molar-refractivity contribution is 6.30. The number of fused-ring (bicyclic) bond motifs is 1. The van der Waals surface area contributed by atoms with Crippen molar-refractivity contribution in [3.05, 3.63) is 11.6 Å². The summed E-state index contributed by atoms with van der Waals surface area (Å²) in [5.74, 6) is -0.382. The summed E-state index contributed by atoms with van der Waals surface area (Å²) >= 11 is 18.8. The number of carboxylic acid groups (broad SMARTS) is 1. The first-order valence-corrected chi connectivity index (χ1v) is 9.40. The normalized spacial score (nSPS) is 45.8. The van der Waals surface area contributed by atoms with Crippen LogP contribution in [0.2, 0.25) is 0 Å². The fourth-order valence-electron chi connectivity index (χ4n) is 4.19. The first-order chi connectivity index (χ1) is 10.5. The standard InChI is InChI=1S/C16H22Cl3NO2/c17-9-3-1-8(2-4-9)14-6-11(16(21)22)10-5-12(18)13(19)7-15(10)20-14/h6,8-10,12-15,20H,1-5,7H2,(H,21,22). The Balaban J connectivity index is 1.80. The number of alkyl halides is 3. The molecule has 0 aromatic carbocycles. The second kappa shape index (κ2) is 6.88. The first kappa shape index (κ1) is 16.9. The van der Waals surface area contributed by atoms with E-state index < -0.39 is 5.97 Å². The van der Waals surface area contributed by atoms with Gasteiger partial charge < -0.3 is 10.4 Å². The third-order valence-corrected chi connectivity index (χ3v) is 6.99. The largest absolute Gasteiger partial charge is 0.478 e. The van der Waals surface area contributed by atoms with Gasteiger partial charge in [0.05, 0.1) is 10.8 Å². The zero-order valence-electron chi connectivity index (χ0n) is 12.4. The van der Waals surface area contributed by atoms with E-state index in [2.05, 4.69) is 5.32 Å². The highest BCUT2D eigenvalue weighted by Crippen LogP contribution is 2.40. The molecule has 0 bridgehead atoms. The summed E-state index contributed by atoms with van der Waals surface area (Å²) < 4.78 is 0. The molecule has 1 heterocycles. The molecule has 0 aromatic rings. The first-order valence-electron chi connectivity index (χ1n) is 8.09. The Morgan fingerprint density at radius 2 is 1.73 bits per heavy atom. The number of nitrogens with one attached hydrogen (secondary N) is 1. The Bertz CT molecular complexity index is 462. The van der Waals surface area contributed by atoms with Gasteiger partial charge in [0.25, 0.3) is 0 Å². The zero-order valence-corrected chi connectivity index (χ0v) is 14.6. The third kappa shape index (κ3) is 3.43. The molecule has 2 saturated carbocycles. The van der Waals surface area contributed by atoms with E-state index >= 15 is 0 Å². The number of halogens is 3. The van der Waals surface area contributed by atoms with E-state index in [-0.39, 0.29) is 34.1 Å². The minimum absolute atomic E-state index is 0.0318. The molecule has 1 aliphatic heterocycles. The van der Waals surface area contributed by atoms with Gasteiger partial charge in [0.2, 0.25) is 0 Å². The highest BCUT2D eigenvalue weighted by Gasteiger charge is 2.43. The minimum Gasteiger partial charge on any atom is -0.478 e. The molecule has 124 valence electrons. The lowest BCUT2D eigenvalue weighted by Gasteiger charge is -2.45. The van der Waals surface area contributed by atoms with Gasteiger partial charge >= 0.3 is 5.97 Å². The molecule has 5 unspecified atom stereocenters. The monoisotopic (exact) mass is 365 g/mol. The molecule has 3 rings (SSSR count). The predicted molar refractivity (Wildman–Crippen MR) is 90.0 cm³/mol. The summed E-state index contributed by atoms with van der Waals surface area (Å²) in [7, 11) is 0. The highest BCUT2D eigenvalue weighted by atomic mass is 35.5. The maximum Gasteiger partial charge on any atom is 0.331 e. The van der Waals surface area contributed by atoms with Crippen LogP contribution in [0.15, 0.2) is 11.6 Å². The maximum absolute atomic E-state index is 11.7. The van der Waals surface area contributed by atoms with Gasteiger partial charge in [0, 0.05) is 29.0 Å². The third-order valence-electron chi connectivity index (χ3n) is 5.46. The van der Waals surface area contributed by atoms with E-state index in [4.69, 9.17) is 34.8 Å². The van der Waals surface area contributed by atoms with Crippen LogP contribution < -0.4 is 5.32 Å². The van der Waals surface area contributed by atoms with Crippen LogP contribution in [0.1, 0.15) is 38.5 Å². The maximum atomic E-state index is 11.7. The van der Waals surface area contributed by atoms with Crippen molar-refractivity contribution in [1.29, 1.82) is 0 Å². The summed E-state index contributed by atoms with van der Waals surface area (Å²) in [6.45, 7) is 0. The van der Waals surface area contributed by atoms with Crippen LogP contribution in [0.25, 0.3) is 0 Å². The molecular formula is C16H22Cl3NO2. The van der Waals surface area contributed by atoms with Crippen molar-refractivity contribution in [2.75, 3.05) is 0 Å². The quantitative estimate of drug-likeness (QED) is 0.732. The van der Waals surface area contributed by atoms with Gasteiger partial charge in [-0.3, -0.25) is 0 Å². The van der Waals surface area contributed by atoms with Gasteiger partial charge in [-0.25, -0.2) is 4.79 Å². The summed E-state index contributed by atoms with van der Waals surface area (Å²) in [6.07, 6.45) is 7.41. The van der Waals surface area contributed by atoms with Crippen LogP contribution in [0.5, 0.6) is 0 Å². The molecule has 6 heteroatoms. The number of carboxylic acids is 1. The molecule has 22 heavy (non-hydrogen) atoms. The van der Waals surface area contributed by atoms with Crippen LogP contribution in [0, 0.1) is 11.8 Å². The van der Waals surface area contributed by atoms with E-state index in [1.165, 1.54) is 0 Å². The van der Waals surface area contributed by atoms with Crippen LogP contribution in [-0.2, 0) is 4.79 Å². The smallest absolute Gasteiger partial charge is 0.331 e.